The van der Waals surface area contributed by atoms with Crippen LogP contribution in [-0.4, -0.2) is 28.5 Å². The number of amides is 1. The molecule has 2 N–H and O–H groups in total. The maximum absolute atomic E-state index is 12.1. The molecule has 2 aliphatic carbocycles. The molecule has 0 radical (unpaired) electrons. The normalized spacial score (nSPS) is 18.5. The third-order valence-corrected chi connectivity index (χ3v) is 4.71. The second-order valence-electron chi connectivity index (χ2n) is 6.53. The summed E-state index contributed by atoms with van der Waals surface area (Å²) in [6.45, 7) is 0.675. The quantitative estimate of drug-likeness (QED) is 0.789. The average Bonchev–Trinajstić information content (AvgIpc) is 3.09. The van der Waals surface area contributed by atoms with Crippen molar-refractivity contribution in [1.29, 1.82) is 0 Å². The molecule has 1 aromatic heterocycles. The number of allylic oxidation sites excluding steroid dienone is 1. The van der Waals surface area contributed by atoms with Gasteiger partial charge in [0.15, 0.2) is 0 Å². The fourth-order valence-corrected chi connectivity index (χ4v) is 3.36. The molecular formula is C18H26N4O. The second kappa shape index (κ2) is 8.09. The van der Waals surface area contributed by atoms with Gasteiger partial charge in [-0.2, -0.15) is 0 Å². The average molecular weight is 314 g/mol. The minimum Gasteiger partial charge on any atom is -0.366 e. The van der Waals surface area contributed by atoms with Crippen LogP contribution in [-0.2, 0) is 0 Å². The Morgan fingerprint density at radius 3 is 2.70 bits per heavy atom. The number of nitrogens with zero attached hydrogens (tertiary/aromatic N) is 2. The molecule has 1 fully saturated rings. The van der Waals surface area contributed by atoms with E-state index in [1.54, 1.807) is 12.4 Å². The van der Waals surface area contributed by atoms with Gasteiger partial charge in [-0.05, 0) is 44.9 Å². The summed E-state index contributed by atoms with van der Waals surface area (Å²) in [6, 6.07) is 0.507. The lowest BCUT2D eigenvalue weighted by Gasteiger charge is -2.13. The van der Waals surface area contributed by atoms with Gasteiger partial charge in [0.05, 0.1) is 12.4 Å². The van der Waals surface area contributed by atoms with E-state index in [-0.39, 0.29) is 5.91 Å². The molecule has 1 heterocycles. The highest BCUT2D eigenvalue weighted by molar-refractivity contribution is 5.91. The van der Waals surface area contributed by atoms with Gasteiger partial charge in [-0.3, -0.25) is 4.79 Å². The molecule has 2 aliphatic rings. The van der Waals surface area contributed by atoms with Gasteiger partial charge in [0.25, 0.3) is 5.91 Å². The van der Waals surface area contributed by atoms with Crippen LogP contribution in [0.3, 0.4) is 0 Å². The van der Waals surface area contributed by atoms with Crippen LogP contribution < -0.4 is 10.6 Å². The monoisotopic (exact) mass is 314 g/mol. The molecule has 0 atom stereocenters. The first-order valence-electron chi connectivity index (χ1n) is 8.86. The highest BCUT2D eigenvalue weighted by atomic mass is 16.1. The maximum Gasteiger partial charge on any atom is 0.271 e. The third-order valence-electron chi connectivity index (χ3n) is 4.71. The molecule has 5 nitrogen and oxygen atoms in total. The van der Waals surface area contributed by atoms with Crippen LogP contribution >= 0.6 is 0 Å². The number of aromatic nitrogens is 2. The molecule has 0 aromatic carbocycles. The minimum absolute atomic E-state index is 0.138. The molecule has 5 heteroatoms. The standard InChI is InChI=1S/C18H26N4O/c23-18(19-11-10-14-6-2-1-3-7-14)16-12-21-17(13-20-16)22-15-8-4-5-9-15/h6,12-13,15H,1-5,7-11H2,(H,19,23)(H,21,22). The predicted molar refractivity (Wildman–Crippen MR) is 91.4 cm³/mol. The summed E-state index contributed by atoms with van der Waals surface area (Å²) in [5, 5.41) is 6.32. The smallest absolute Gasteiger partial charge is 0.271 e. The summed E-state index contributed by atoms with van der Waals surface area (Å²) in [5.74, 6) is 0.627. The van der Waals surface area contributed by atoms with Crippen LogP contribution in [0, 0.1) is 0 Å². The highest BCUT2D eigenvalue weighted by Crippen LogP contribution is 2.21. The Hall–Kier alpha value is -1.91. The molecule has 0 unspecified atom stereocenters. The molecule has 1 amide bonds. The highest BCUT2D eigenvalue weighted by Gasteiger charge is 2.15. The first-order valence-corrected chi connectivity index (χ1v) is 8.86. The van der Waals surface area contributed by atoms with E-state index < -0.39 is 0 Å². The molecular weight excluding hydrogens is 288 g/mol. The van der Waals surface area contributed by atoms with Crippen LogP contribution in [0.15, 0.2) is 24.0 Å². The summed E-state index contributed by atoms with van der Waals surface area (Å²) in [6.07, 6.45) is 16.4. The van der Waals surface area contributed by atoms with Crippen molar-refractivity contribution in [3.63, 3.8) is 0 Å². The van der Waals surface area contributed by atoms with Gasteiger partial charge >= 0.3 is 0 Å². The zero-order valence-corrected chi connectivity index (χ0v) is 13.7. The third kappa shape index (κ3) is 4.78. The fraction of sp³-hybridized carbons (Fsp3) is 0.611. The Bertz CT molecular complexity index is 547. The van der Waals surface area contributed by atoms with E-state index in [0.717, 1.165) is 12.2 Å². The van der Waals surface area contributed by atoms with Crippen LogP contribution in [0.1, 0.15) is 68.3 Å². The zero-order chi connectivity index (χ0) is 15.9. The Morgan fingerprint density at radius 2 is 2.00 bits per heavy atom. The lowest BCUT2D eigenvalue weighted by molar-refractivity contribution is 0.0948. The summed E-state index contributed by atoms with van der Waals surface area (Å²) < 4.78 is 0. The van der Waals surface area contributed by atoms with Crippen LogP contribution in [0.5, 0.6) is 0 Å². The zero-order valence-electron chi connectivity index (χ0n) is 13.7. The summed E-state index contributed by atoms with van der Waals surface area (Å²) >= 11 is 0. The number of hydrogen-bond donors (Lipinski definition) is 2. The van der Waals surface area contributed by atoms with Crippen molar-refractivity contribution in [2.24, 2.45) is 0 Å². The Balaban J connectivity index is 1.44. The molecule has 124 valence electrons. The predicted octanol–water partition coefficient (Wildman–Crippen LogP) is 3.45. The van der Waals surface area contributed by atoms with Gasteiger partial charge in [0, 0.05) is 12.6 Å². The van der Waals surface area contributed by atoms with Crippen molar-refractivity contribution in [1.82, 2.24) is 15.3 Å². The lowest BCUT2D eigenvalue weighted by Crippen LogP contribution is -2.26. The SMILES string of the molecule is O=C(NCCC1=CCCCC1)c1cnc(NC2CCCC2)cn1. The van der Waals surface area contributed by atoms with Crippen molar-refractivity contribution in [2.75, 3.05) is 11.9 Å². The number of hydrogen-bond acceptors (Lipinski definition) is 4. The number of carbonyl (C=O) groups is 1. The van der Waals surface area contributed by atoms with Crippen LogP contribution in [0.25, 0.3) is 0 Å². The maximum atomic E-state index is 12.1. The topological polar surface area (TPSA) is 66.9 Å². The van der Waals surface area contributed by atoms with Gasteiger partial charge in [-0.1, -0.05) is 24.5 Å². The van der Waals surface area contributed by atoms with Gasteiger partial charge in [-0.15, -0.1) is 0 Å². The van der Waals surface area contributed by atoms with Crippen molar-refractivity contribution in [3.05, 3.63) is 29.7 Å². The second-order valence-corrected chi connectivity index (χ2v) is 6.53. The van der Waals surface area contributed by atoms with Crippen molar-refractivity contribution < 1.29 is 4.79 Å². The summed E-state index contributed by atoms with van der Waals surface area (Å²) in [7, 11) is 0. The van der Waals surface area contributed by atoms with Crippen molar-refractivity contribution in [3.8, 4) is 0 Å². The first kappa shape index (κ1) is 16.0. The van der Waals surface area contributed by atoms with Gasteiger partial charge in [-0.25, -0.2) is 9.97 Å². The molecule has 0 saturated heterocycles. The first-order chi connectivity index (χ1) is 11.3. The number of rotatable bonds is 6. The lowest BCUT2D eigenvalue weighted by atomic mass is 9.97. The van der Waals surface area contributed by atoms with E-state index >= 15 is 0 Å². The minimum atomic E-state index is -0.138. The van der Waals surface area contributed by atoms with E-state index in [2.05, 4.69) is 26.7 Å². The van der Waals surface area contributed by atoms with E-state index in [9.17, 15) is 4.79 Å². The number of anilines is 1. The van der Waals surface area contributed by atoms with Gasteiger partial charge < -0.3 is 10.6 Å². The Morgan fingerprint density at radius 1 is 1.13 bits per heavy atom. The van der Waals surface area contributed by atoms with Crippen molar-refractivity contribution in [2.45, 2.75) is 63.8 Å². The molecule has 0 spiro atoms. The molecule has 1 saturated carbocycles. The molecule has 1 aromatic rings. The number of carbonyl (C=O) groups excluding carboxylic acids is 1. The molecule has 3 rings (SSSR count). The van der Waals surface area contributed by atoms with E-state index in [1.165, 1.54) is 56.9 Å². The largest absolute Gasteiger partial charge is 0.366 e. The summed E-state index contributed by atoms with van der Waals surface area (Å²) in [5.41, 5.74) is 1.86. The molecule has 0 bridgehead atoms. The Labute approximate surface area is 138 Å². The molecule has 23 heavy (non-hydrogen) atoms. The number of nitrogens with one attached hydrogen (secondary N) is 2. The van der Waals surface area contributed by atoms with Crippen LogP contribution in [0.4, 0.5) is 5.82 Å². The van der Waals surface area contributed by atoms with E-state index in [4.69, 9.17) is 0 Å². The van der Waals surface area contributed by atoms with E-state index in [0.29, 0.717) is 18.3 Å². The van der Waals surface area contributed by atoms with E-state index in [1.807, 2.05) is 0 Å². The Kier molecular flexibility index (Phi) is 5.61. The van der Waals surface area contributed by atoms with Gasteiger partial charge in [0.1, 0.15) is 11.5 Å². The molecule has 0 aliphatic heterocycles. The fourth-order valence-electron chi connectivity index (χ4n) is 3.36. The van der Waals surface area contributed by atoms with Crippen LogP contribution in [0.2, 0.25) is 0 Å². The van der Waals surface area contributed by atoms with Gasteiger partial charge in [0.2, 0.25) is 0 Å². The van der Waals surface area contributed by atoms with Crippen molar-refractivity contribution >= 4 is 11.7 Å². The summed E-state index contributed by atoms with van der Waals surface area (Å²) in [4.78, 5) is 20.6.